The summed E-state index contributed by atoms with van der Waals surface area (Å²) in [6, 6.07) is 0. The Bertz CT molecular complexity index is 444. The van der Waals surface area contributed by atoms with Crippen molar-refractivity contribution in [3.05, 3.63) is 17.5 Å². The zero-order valence-corrected chi connectivity index (χ0v) is 12.8. The molecule has 0 aliphatic rings. The van der Waals surface area contributed by atoms with Gasteiger partial charge in [0.25, 0.3) is 5.91 Å². The summed E-state index contributed by atoms with van der Waals surface area (Å²) < 4.78 is 1.86. The van der Waals surface area contributed by atoms with Crippen molar-refractivity contribution >= 4 is 5.91 Å². The van der Waals surface area contributed by atoms with E-state index in [2.05, 4.69) is 18.9 Å². The Kier molecular flexibility index (Phi) is 4.74. The van der Waals surface area contributed by atoms with E-state index in [9.17, 15) is 9.90 Å². The van der Waals surface area contributed by atoms with Crippen LogP contribution in [0.25, 0.3) is 0 Å². The number of nitrogens with zero attached hydrogens (tertiary/aromatic N) is 3. The minimum absolute atomic E-state index is 0.102. The van der Waals surface area contributed by atoms with Crippen LogP contribution in [0.5, 0.6) is 0 Å². The number of aromatic nitrogens is 2. The first-order chi connectivity index (χ1) is 8.61. The first-order valence-electron chi connectivity index (χ1n) is 6.62. The number of hydrogen-bond donors (Lipinski definition) is 1. The van der Waals surface area contributed by atoms with Crippen molar-refractivity contribution in [1.82, 2.24) is 14.7 Å². The van der Waals surface area contributed by atoms with Crippen LogP contribution in [0.4, 0.5) is 0 Å². The van der Waals surface area contributed by atoms with Crippen LogP contribution >= 0.6 is 0 Å². The number of aliphatic hydroxyl groups is 1. The Morgan fingerprint density at radius 1 is 1.53 bits per heavy atom. The summed E-state index contributed by atoms with van der Waals surface area (Å²) in [5, 5.41) is 14.0. The molecule has 5 heteroatoms. The van der Waals surface area contributed by atoms with Crippen molar-refractivity contribution in [2.45, 2.75) is 46.8 Å². The van der Waals surface area contributed by atoms with Gasteiger partial charge in [0.05, 0.1) is 17.4 Å². The fourth-order valence-electron chi connectivity index (χ4n) is 2.04. The van der Waals surface area contributed by atoms with Crippen LogP contribution < -0.4 is 0 Å². The lowest BCUT2D eigenvalue weighted by Crippen LogP contribution is -2.39. The molecule has 0 aromatic carbocycles. The fraction of sp³-hybridized carbons (Fsp3) is 0.714. The van der Waals surface area contributed by atoms with E-state index < -0.39 is 5.60 Å². The summed E-state index contributed by atoms with van der Waals surface area (Å²) in [5.74, 6) is 0.380. The average Bonchev–Trinajstić information content (AvgIpc) is 2.56. The van der Waals surface area contributed by atoms with Gasteiger partial charge in [0, 0.05) is 25.8 Å². The van der Waals surface area contributed by atoms with E-state index in [1.807, 2.05) is 11.6 Å². The third-order valence-corrected chi connectivity index (χ3v) is 2.84. The predicted molar refractivity (Wildman–Crippen MR) is 75.1 cm³/mol. The highest BCUT2D eigenvalue weighted by Gasteiger charge is 2.23. The lowest BCUT2D eigenvalue weighted by molar-refractivity contribution is 0.0367. The molecule has 0 saturated carbocycles. The molecule has 0 unspecified atom stereocenters. The van der Waals surface area contributed by atoms with E-state index in [0.29, 0.717) is 18.0 Å². The molecule has 108 valence electrons. The van der Waals surface area contributed by atoms with Crippen molar-refractivity contribution in [3.8, 4) is 0 Å². The van der Waals surface area contributed by atoms with Gasteiger partial charge in [0.2, 0.25) is 0 Å². The van der Waals surface area contributed by atoms with Gasteiger partial charge in [-0.1, -0.05) is 13.8 Å². The Morgan fingerprint density at radius 3 is 2.58 bits per heavy atom. The molecule has 5 nitrogen and oxygen atoms in total. The highest BCUT2D eigenvalue weighted by atomic mass is 16.3. The molecule has 0 spiro atoms. The molecular formula is C14H25N3O2. The van der Waals surface area contributed by atoms with Gasteiger partial charge < -0.3 is 10.0 Å². The lowest BCUT2D eigenvalue weighted by Gasteiger charge is -2.25. The van der Waals surface area contributed by atoms with E-state index in [1.54, 1.807) is 27.1 Å². The minimum atomic E-state index is -0.897. The second kappa shape index (κ2) is 5.74. The van der Waals surface area contributed by atoms with E-state index >= 15 is 0 Å². The largest absolute Gasteiger partial charge is 0.389 e. The molecule has 1 rings (SSSR count). The molecule has 0 aliphatic carbocycles. The Hall–Kier alpha value is -1.36. The number of hydrogen-bond acceptors (Lipinski definition) is 3. The molecule has 19 heavy (non-hydrogen) atoms. The van der Waals surface area contributed by atoms with E-state index in [4.69, 9.17) is 0 Å². The normalized spacial score (nSPS) is 12.0. The van der Waals surface area contributed by atoms with E-state index in [1.165, 1.54) is 4.90 Å². The van der Waals surface area contributed by atoms with Crippen LogP contribution in [0, 0.1) is 12.8 Å². The van der Waals surface area contributed by atoms with Crippen molar-refractivity contribution < 1.29 is 9.90 Å². The maximum absolute atomic E-state index is 12.3. The van der Waals surface area contributed by atoms with Gasteiger partial charge in [-0.3, -0.25) is 9.48 Å². The molecule has 0 bridgehead atoms. The summed E-state index contributed by atoms with van der Waals surface area (Å²) in [5.41, 5.74) is 0.584. The molecule has 1 aromatic heterocycles. The summed E-state index contributed by atoms with van der Waals surface area (Å²) in [4.78, 5) is 13.8. The van der Waals surface area contributed by atoms with Crippen LogP contribution in [-0.4, -0.2) is 44.9 Å². The van der Waals surface area contributed by atoms with Gasteiger partial charge in [-0.2, -0.15) is 5.10 Å². The monoisotopic (exact) mass is 267 g/mol. The summed E-state index contributed by atoms with van der Waals surface area (Å²) in [7, 11) is 1.69. The van der Waals surface area contributed by atoms with Gasteiger partial charge in [-0.05, 0) is 26.7 Å². The number of carbonyl (C=O) groups is 1. The summed E-state index contributed by atoms with van der Waals surface area (Å²) >= 11 is 0. The Morgan fingerprint density at radius 2 is 2.11 bits per heavy atom. The molecule has 0 fully saturated rings. The molecule has 0 saturated heterocycles. The Balaban J connectivity index is 2.86. The third-order valence-electron chi connectivity index (χ3n) is 2.84. The number of likely N-dealkylation sites (N-methyl/N-ethyl adjacent to an activating group) is 1. The molecule has 0 radical (unpaired) electrons. The molecular weight excluding hydrogens is 242 g/mol. The average molecular weight is 267 g/mol. The zero-order valence-electron chi connectivity index (χ0n) is 12.8. The molecule has 1 heterocycles. The highest BCUT2D eigenvalue weighted by molar-refractivity contribution is 5.94. The smallest absolute Gasteiger partial charge is 0.257 e. The quantitative estimate of drug-likeness (QED) is 0.883. The lowest BCUT2D eigenvalue weighted by atomic mass is 10.1. The van der Waals surface area contributed by atoms with Crippen molar-refractivity contribution in [3.63, 3.8) is 0 Å². The van der Waals surface area contributed by atoms with Crippen LogP contribution in [0.1, 0.15) is 43.7 Å². The van der Waals surface area contributed by atoms with Crippen LogP contribution in [0.3, 0.4) is 0 Å². The van der Waals surface area contributed by atoms with Crippen LogP contribution in [0.2, 0.25) is 0 Å². The SMILES string of the molecule is Cc1c(C(=O)N(C)CC(C)(C)O)cnn1CC(C)C. The van der Waals surface area contributed by atoms with Gasteiger partial charge in [0.1, 0.15) is 0 Å². The number of amides is 1. The first kappa shape index (κ1) is 15.7. The summed E-state index contributed by atoms with van der Waals surface area (Å²) in [6.07, 6.45) is 1.61. The molecule has 0 aliphatic heterocycles. The van der Waals surface area contributed by atoms with E-state index in [-0.39, 0.29) is 5.91 Å². The van der Waals surface area contributed by atoms with E-state index in [0.717, 1.165) is 12.2 Å². The minimum Gasteiger partial charge on any atom is -0.389 e. The molecule has 1 amide bonds. The number of carbonyl (C=O) groups excluding carboxylic acids is 1. The number of rotatable bonds is 5. The predicted octanol–water partition coefficient (Wildman–Crippen LogP) is 1.69. The highest BCUT2D eigenvalue weighted by Crippen LogP contribution is 2.13. The van der Waals surface area contributed by atoms with Crippen molar-refractivity contribution in [2.24, 2.45) is 5.92 Å². The van der Waals surface area contributed by atoms with Gasteiger partial charge in [-0.15, -0.1) is 0 Å². The van der Waals surface area contributed by atoms with Crippen molar-refractivity contribution in [2.75, 3.05) is 13.6 Å². The topological polar surface area (TPSA) is 58.4 Å². The maximum Gasteiger partial charge on any atom is 0.257 e. The van der Waals surface area contributed by atoms with Crippen LogP contribution in [-0.2, 0) is 6.54 Å². The third kappa shape index (κ3) is 4.35. The summed E-state index contributed by atoms with van der Waals surface area (Å²) in [6.45, 7) is 10.6. The van der Waals surface area contributed by atoms with Crippen LogP contribution in [0.15, 0.2) is 6.20 Å². The van der Waals surface area contributed by atoms with Gasteiger partial charge in [0.15, 0.2) is 0 Å². The van der Waals surface area contributed by atoms with Gasteiger partial charge in [-0.25, -0.2) is 0 Å². The Labute approximate surface area is 115 Å². The standard InChI is InChI=1S/C14H25N3O2/c1-10(2)8-17-11(3)12(7-15-17)13(18)16(6)9-14(4,5)19/h7,10,19H,8-9H2,1-6H3. The van der Waals surface area contributed by atoms with Crippen molar-refractivity contribution in [1.29, 1.82) is 0 Å². The molecule has 1 aromatic rings. The fourth-order valence-corrected chi connectivity index (χ4v) is 2.04. The first-order valence-corrected chi connectivity index (χ1v) is 6.62. The second-order valence-electron chi connectivity index (χ2n) is 6.19. The second-order valence-corrected chi connectivity index (χ2v) is 6.19. The molecule has 0 atom stereocenters. The van der Waals surface area contributed by atoms with Gasteiger partial charge >= 0.3 is 0 Å². The maximum atomic E-state index is 12.3. The molecule has 1 N–H and O–H groups in total. The zero-order chi connectivity index (χ0) is 14.8.